The number of anilines is 1. The van der Waals surface area contributed by atoms with Gasteiger partial charge in [0.05, 0.1) is 36.0 Å². The summed E-state index contributed by atoms with van der Waals surface area (Å²) < 4.78 is 51.9. The number of rotatable bonds is 8. The highest BCUT2D eigenvalue weighted by Crippen LogP contribution is 2.31. The Morgan fingerprint density at radius 1 is 1.04 bits per heavy atom. The van der Waals surface area contributed by atoms with Gasteiger partial charge in [0.2, 0.25) is 5.91 Å². The van der Waals surface area contributed by atoms with Crippen LogP contribution in [0, 0.1) is 11.8 Å². The molecule has 1 fully saturated rings. The van der Waals surface area contributed by atoms with E-state index in [0.29, 0.717) is 36.7 Å². The fourth-order valence-corrected chi connectivity index (χ4v) is 6.55. The van der Waals surface area contributed by atoms with Crippen LogP contribution in [0.1, 0.15) is 93.6 Å². The van der Waals surface area contributed by atoms with Crippen LogP contribution in [-0.2, 0) is 22.3 Å². The number of nitrogens with one attached hydrogen (secondary N) is 1. The first-order valence-corrected chi connectivity index (χ1v) is 17.3. The number of nitrogens with zero attached hydrogens (tertiary/aromatic N) is 2. The van der Waals surface area contributed by atoms with Gasteiger partial charge in [0.15, 0.2) is 0 Å². The molecule has 0 saturated heterocycles. The summed E-state index contributed by atoms with van der Waals surface area (Å²) in [4.78, 5) is 31.1. The van der Waals surface area contributed by atoms with Crippen molar-refractivity contribution in [2.75, 3.05) is 38.7 Å². The van der Waals surface area contributed by atoms with Crippen molar-refractivity contribution in [3.8, 4) is 5.75 Å². The van der Waals surface area contributed by atoms with Crippen molar-refractivity contribution in [1.82, 2.24) is 9.80 Å². The number of fused-ring (bicyclic) bond motifs is 1. The lowest BCUT2D eigenvalue weighted by Gasteiger charge is -2.36. The normalized spacial score (nSPS) is 22.8. The fourth-order valence-electron chi connectivity index (χ4n) is 6.55. The SMILES string of the molecule is C[C@@H]1CCCCO[C@H](CN(C)Cc2ccc(C(F)(F)F)cc2)[C@@H](C)CN([C@H](C)CO)C(=O)c2cc(NC(=O)C3CCCCC3)ccc2O1. The molecule has 2 aromatic carbocycles. The Balaban J connectivity index is 1.56. The number of hydrogen-bond acceptors (Lipinski definition) is 6. The second kappa shape index (κ2) is 17.5. The van der Waals surface area contributed by atoms with E-state index >= 15 is 0 Å². The second-order valence-corrected chi connectivity index (χ2v) is 13.7. The van der Waals surface area contributed by atoms with Gasteiger partial charge in [-0.25, -0.2) is 0 Å². The van der Waals surface area contributed by atoms with Crippen molar-refractivity contribution in [1.29, 1.82) is 0 Å². The molecular weight excluding hydrogens is 623 g/mol. The highest BCUT2D eigenvalue weighted by atomic mass is 19.4. The molecule has 0 bridgehead atoms. The molecule has 4 rings (SSSR count). The average Bonchev–Trinajstić information content (AvgIpc) is 3.06. The van der Waals surface area contributed by atoms with Crippen molar-refractivity contribution < 1.29 is 37.3 Å². The summed E-state index contributed by atoms with van der Waals surface area (Å²) in [5.74, 6) is -0.105. The summed E-state index contributed by atoms with van der Waals surface area (Å²) in [6.07, 6.45) is 2.51. The number of benzene rings is 2. The van der Waals surface area contributed by atoms with Gasteiger partial charge in [0, 0.05) is 43.8 Å². The first-order valence-electron chi connectivity index (χ1n) is 17.3. The van der Waals surface area contributed by atoms with Gasteiger partial charge in [-0.3, -0.25) is 14.5 Å². The van der Waals surface area contributed by atoms with E-state index < -0.39 is 17.8 Å². The van der Waals surface area contributed by atoms with Crippen molar-refractivity contribution in [3.05, 3.63) is 59.2 Å². The Morgan fingerprint density at radius 3 is 2.40 bits per heavy atom. The number of likely N-dealkylation sites (N-methyl/N-ethyl adjacent to an activating group) is 1. The van der Waals surface area contributed by atoms with Crippen molar-refractivity contribution in [2.24, 2.45) is 11.8 Å². The van der Waals surface area contributed by atoms with Gasteiger partial charge < -0.3 is 24.8 Å². The first kappa shape index (κ1) is 37.7. The largest absolute Gasteiger partial charge is 0.490 e. The highest BCUT2D eigenvalue weighted by molar-refractivity contribution is 6.00. The number of amides is 2. The molecule has 2 aromatic rings. The number of carbonyl (C=O) groups excluding carboxylic acids is 2. The Kier molecular flexibility index (Phi) is 13.7. The van der Waals surface area contributed by atoms with Crippen LogP contribution in [0.2, 0.25) is 0 Å². The lowest BCUT2D eigenvalue weighted by Crippen LogP contribution is -2.47. The molecule has 2 aliphatic rings. The summed E-state index contributed by atoms with van der Waals surface area (Å²) in [7, 11) is 1.90. The molecular formula is C37H52F3N3O5. The molecule has 266 valence electrons. The second-order valence-electron chi connectivity index (χ2n) is 13.7. The molecule has 48 heavy (non-hydrogen) atoms. The smallest absolute Gasteiger partial charge is 0.416 e. The van der Waals surface area contributed by atoms with Gasteiger partial charge in [-0.1, -0.05) is 38.3 Å². The number of hydrogen-bond donors (Lipinski definition) is 2. The minimum absolute atomic E-state index is 0.0353. The van der Waals surface area contributed by atoms with Crippen LogP contribution < -0.4 is 10.1 Å². The minimum atomic E-state index is -4.39. The summed E-state index contributed by atoms with van der Waals surface area (Å²) in [6, 6.07) is 9.88. The number of alkyl halides is 3. The lowest BCUT2D eigenvalue weighted by atomic mass is 9.88. The molecule has 1 heterocycles. The van der Waals surface area contributed by atoms with Gasteiger partial charge in [-0.15, -0.1) is 0 Å². The molecule has 0 radical (unpaired) electrons. The number of aliphatic hydroxyl groups excluding tert-OH is 1. The van der Waals surface area contributed by atoms with Crippen LogP contribution in [0.4, 0.5) is 18.9 Å². The van der Waals surface area contributed by atoms with E-state index in [9.17, 15) is 27.9 Å². The van der Waals surface area contributed by atoms with Crippen LogP contribution in [0.15, 0.2) is 42.5 Å². The van der Waals surface area contributed by atoms with Gasteiger partial charge in [0.1, 0.15) is 5.75 Å². The minimum Gasteiger partial charge on any atom is -0.490 e. The van der Waals surface area contributed by atoms with Crippen LogP contribution in [0.5, 0.6) is 5.75 Å². The van der Waals surface area contributed by atoms with Gasteiger partial charge in [0.25, 0.3) is 5.91 Å². The summed E-state index contributed by atoms with van der Waals surface area (Å²) in [5, 5.41) is 13.3. The molecule has 8 nitrogen and oxygen atoms in total. The van der Waals surface area contributed by atoms with E-state index in [-0.39, 0.29) is 49.0 Å². The van der Waals surface area contributed by atoms with Gasteiger partial charge in [-0.2, -0.15) is 13.2 Å². The number of halogens is 3. The Morgan fingerprint density at radius 2 is 1.73 bits per heavy atom. The topological polar surface area (TPSA) is 91.3 Å². The maximum Gasteiger partial charge on any atom is 0.416 e. The standard InChI is InChI=1S/C37H52F3N3O5/c1-25-21-43(26(2)24-44)36(46)32-20-31(41-35(45)29-11-6-5-7-12-29)17-18-33(32)48-27(3)10-8-9-19-47-34(25)23-42(4)22-28-13-15-30(16-14-28)37(38,39)40/h13-18,20,25-27,29,34,44H,5-12,19,21-24H2,1-4H3,(H,41,45)/t25-,26+,27+,34+/m0/s1. The van der Waals surface area contributed by atoms with Gasteiger partial charge in [-0.05, 0) is 88.9 Å². The van der Waals surface area contributed by atoms with E-state index in [1.807, 2.05) is 25.8 Å². The zero-order valence-electron chi connectivity index (χ0n) is 28.7. The molecule has 2 N–H and O–H groups in total. The van der Waals surface area contributed by atoms with E-state index in [1.165, 1.54) is 12.1 Å². The van der Waals surface area contributed by atoms with Crippen LogP contribution >= 0.6 is 0 Å². The van der Waals surface area contributed by atoms with Gasteiger partial charge >= 0.3 is 6.18 Å². The third-order valence-electron chi connectivity index (χ3n) is 9.52. The van der Waals surface area contributed by atoms with Crippen LogP contribution in [0.25, 0.3) is 0 Å². The number of carbonyl (C=O) groups is 2. The van der Waals surface area contributed by atoms with E-state index in [4.69, 9.17) is 9.47 Å². The molecule has 4 atom stereocenters. The van der Waals surface area contributed by atoms with Crippen molar-refractivity contribution >= 4 is 17.5 Å². The molecule has 2 amide bonds. The average molecular weight is 676 g/mol. The van der Waals surface area contributed by atoms with E-state index in [2.05, 4.69) is 5.32 Å². The third kappa shape index (κ3) is 10.7. The summed E-state index contributed by atoms with van der Waals surface area (Å²) in [5.41, 5.74) is 0.928. The zero-order valence-corrected chi connectivity index (χ0v) is 28.7. The predicted molar refractivity (Wildman–Crippen MR) is 180 cm³/mol. The van der Waals surface area contributed by atoms with Crippen molar-refractivity contribution in [3.63, 3.8) is 0 Å². The zero-order chi connectivity index (χ0) is 34.8. The quantitative estimate of drug-likeness (QED) is 0.309. The first-order chi connectivity index (χ1) is 22.8. The molecule has 0 spiro atoms. The molecule has 1 aliphatic carbocycles. The van der Waals surface area contributed by atoms with E-state index in [0.717, 1.165) is 69.1 Å². The van der Waals surface area contributed by atoms with Crippen molar-refractivity contribution in [2.45, 2.75) is 103 Å². The fraction of sp³-hybridized carbons (Fsp3) is 0.622. The Labute approximate surface area is 283 Å². The third-order valence-corrected chi connectivity index (χ3v) is 9.52. The Bertz CT molecular complexity index is 1330. The van der Waals surface area contributed by atoms with E-state index in [1.54, 1.807) is 30.0 Å². The predicted octanol–water partition coefficient (Wildman–Crippen LogP) is 7.15. The molecule has 11 heteroatoms. The maximum atomic E-state index is 14.4. The molecule has 1 aliphatic heterocycles. The number of ether oxygens (including phenoxy) is 2. The molecule has 1 saturated carbocycles. The monoisotopic (exact) mass is 675 g/mol. The lowest BCUT2D eigenvalue weighted by molar-refractivity contribution is -0.137. The summed E-state index contributed by atoms with van der Waals surface area (Å²) >= 11 is 0. The maximum absolute atomic E-state index is 14.4. The van der Waals surface area contributed by atoms with Crippen LogP contribution in [-0.4, -0.2) is 78.3 Å². The summed E-state index contributed by atoms with van der Waals surface area (Å²) in [6.45, 7) is 7.24. The number of aliphatic hydroxyl groups is 1. The highest BCUT2D eigenvalue weighted by Gasteiger charge is 2.32. The molecule has 0 unspecified atom stereocenters. The van der Waals surface area contributed by atoms with Crippen LogP contribution in [0.3, 0.4) is 0 Å². The molecule has 0 aromatic heterocycles. The Hall–Kier alpha value is -3.15.